The van der Waals surface area contributed by atoms with Crippen molar-refractivity contribution < 1.29 is 9.59 Å². The number of carbonyl (C=O) groups is 2. The molecule has 2 aromatic carbocycles. The number of benzene rings is 2. The van der Waals surface area contributed by atoms with Gasteiger partial charge in [-0.2, -0.15) is 0 Å². The molecule has 0 unspecified atom stereocenters. The fourth-order valence-corrected chi connectivity index (χ4v) is 2.88. The lowest BCUT2D eigenvalue weighted by molar-refractivity contribution is 0.0950. The number of rotatable bonds is 5. The molecule has 1 amide bonds. The number of hydrazine groups is 1. The van der Waals surface area contributed by atoms with E-state index in [1.165, 1.54) is 0 Å². The lowest BCUT2D eigenvalue weighted by atomic mass is 9.96. The maximum absolute atomic E-state index is 13.0. The van der Waals surface area contributed by atoms with E-state index in [2.05, 4.69) is 20.8 Å². The van der Waals surface area contributed by atoms with Gasteiger partial charge in [-0.1, -0.05) is 30.3 Å². The number of hydrogen-bond acceptors (Lipinski definition) is 5. The van der Waals surface area contributed by atoms with Crippen molar-refractivity contribution >= 4 is 17.6 Å². The van der Waals surface area contributed by atoms with Crippen molar-refractivity contribution in [1.29, 1.82) is 0 Å². The second-order valence-electron chi connectivity index (χ2n) is 6.73. The molecule has 28 heavy (non-hydrogen) atoms. The van der Waals surface area contributed by atoms with E-state index in [0.29, 0.717) is 17.1 Å². The van der Waals surface area contributed by atoms with Gasteiger partial charge in [-0.25, -0.2) is 9.97 Å². The summed E-state index contributed by atoms with van der Waals surface area (Å²) in [5, 5.41) is 0. The molecule has 0 bridgehead atoms. The largest absolute Gasteiger partial charge is 0.289 e. The van der Waals surface area contributed by atoms with Gasteiger partial charge in [0.25, 0.3) is 5.91 Å². The Kier molecular flexibility index (Phi) is 5.49. The number of nitrogens with zero attached hydrogens (tertiary/aromatic N) is 2. The summed E-state index contributed by atoms with van der Waals surface area (Å²) in [7, 11) is 0. The van der Waals surface area contributed by atoms with Gasteiger partial charge < -0.3 is 0 Å². The zero-order valence-electron chi connectivity index (χ0n) is 16.3. The molecule has 0 aliphatic rings. The number of aromatic nitrogens is 2. The average molecular weight is 374 g/mol. The highest BCUT2D eigenvalue weighted by molar-refractivity contribution is 6.15. The van der Waals surface area contributed by atoms with Crippen LogP contribution in [0, 0.1) is 27.7 Å². The zero-order chi connectivity index (χ0) is 20.3. The second kappa shape index (κ2) is 8.00. The Morgan fingerprint density at radius 3 is 2.07 bits per heavy atom. The smallest absolute Gasteiger partial charge is 0.270 e. The van der Waals surface area contributed by atoms with Crippen LogP contribution in [0.25, 0.3) is 0 Å². The second-order valence-corrected chi connectivity index (χ2v) is 6.73. The molecule has 6 nitrogen and oxygen atoms in total. The van der Waals surface area contributed by atoms with Gasteiger partial charge >= 0.3 is 0 Å². The summed E-state index contributed by atoms with van der Waals surface area (Å²) >= 11 is 0. The Bertz CT molecular complexity index is 1040. The molecule has 0 aliphatic heterocycles. The van der Waals surface area contributed by atoms with E-state index in [0.717, 1.165) is 22.5 Å². The van der Waals surface area contributed by atoms with E-state index < -0.39 is 5.91 Å². The number of carbonyl (C=O) groups excluding carboxylic acids is 2. The van der Waals surface area contributed by atoms with Crippen LogP contribution in [0.5, 0.6) is 0 Å². The minimum Gasteiger partial charge on any atom is -0.289 e. The molecular weight excluding hydrogens is 352 g/mol. The van der Waals surface area contributed by atoms with E-state index in [1.54, 1.807) is 30.3 Å². The molecule has 3 aromatic rings. The van der Waals surface area contributed by atoms with Crippen molar-refractivity contribution in [2.45, 2.75) is 27.7 Å². The van der Waals surface area contributed by atoms with Crippen molar-refractivity contribution in [2.24, 2.45) is 0 Å². The van der Waals surface area contributed by atoms with Gasteiger partial charge in [0.2, 0.25) is 5.95 Å². The molecule has 3 rings (SSSR count). The molecule has 1 aromatic heterocycles. The number of anilines is 1. The molecule has 0 radical (unpaired) electrons. The first-order valence-corrected chi connectivity index (χ1v) is 8.95. The fraction of sp³-hybridized carbons (Fsp3) is 0.182. The van der Waals surface area contributed by atoms with Crippen molar-refractivity contribution in [2.75, 3.05) is 5.43 Å². The lowest BCUT2D eigenvalue weighted by Crippen LogP contribution is -2.31. The topological polar surface area (TPSA) is 84.0 Å². The third kappa shape index (κ3) is 4.23. The van der Waals surface area contributed by atoms with E-state index in [9.17, 15) is 9.59 Å². The number of nitrogens with one attached hydrogen (secondary N) is 2. The van der Waals surface area contributed by atoms with Crippen LogP contribution in [0.3, 0.4) is 0 Å². The monoisotopic (exact) mass is 374 g/mol. The van der Waals surface area contributed by atoms with Crippen LogP contribution in [0.1, 0.15) is 48.8 Å². The van der Waals surface area contributed by atoms with Crippen molar-refractivity contribution in [3.05, 3.63) is 87.7 Å². The molecule has 142 valence electrons. The number of ketones is 1. The Balaban J connectivity index is 1.83. The highest BCUT2D eigenvalue weighted by Gasteiger charge is 2.18. The van der Waals surface area contributed by atoms with E-state index in [-0.39, 0.29) is 11.3 Å². The lowest BCUT2D eigenvalue weighted by Gasteiger charge is -2.12. The van der Waals surface area contributed by atoms with E-state index in [1.807, 2.05) is 45.9 Å². The van der Waals surface area contributed by atoms with E-state index >= 15 is 0 Å². The van der Waals surface area contributed by atoms with Gasteiger partial charge in [0.1, 0.15) is 0 Å². The maximum atomic E-state index is 13.0. The maximum Gasteiger partial charge on any atom is 0.270 e. The molecule has 0 spiro atoms. The predicted octanol–water partition coefficient (Wildman–Crippen LogP) is 3.70. The Hall–Kier alpha value is -3.54. The number of amides is 1. The average Bonchev–Trinajstić information content (AvgIpc) is 2.67. The minimum absolute atomic E-state index is 0.198. The third-order valence-electron chi connectivity index (χ3n) is 4.46. The standard InChI is InChI=1S/C22H22N4O2/c1-13-9-10-17(11-14(13)2)20(27)18-7-5-6-8-19(18)21(28)25-26-22-23-15(3)12-16(4)24-22/h5-12H,1-4H3,(H,25,28)(H,23,24,26). The van der Waals surface area contributed by atoms with Crippen molar-refractivity contribution in [1.82, 2.24) is 15.4 Å². The molecule has 0 fully saturated rings. The first-order chi connectivity index (χ1) is 13.3. The van der Waals surface area contributed by atoms with Crippen LogP contribution in [0.15, 0.2) is 48.5 Å². The molecule has 2 N–H and O–H groups in total. The zero-order valence-corrected chi connectivity index (χ0v) is 16.3. The van der Waals surface area contributed by atoms with Gasteiger partial charge in [-0.05, 0) is 57.0 Å². The summed E-state index contributed by atoms with van der Waals surface area (Å²) in [5.41, 5.74) is 10.2. The minimum atomic E-state index is -0.435. The van der Waals surface area contributed by atoms with Crippen molar-refractivity contribution in [3.8, 4) is 0 Å². The summed E-state index contributed by atoms with van der Waals surface area (Å²) < 4.78 is 0. The molecule has 1 heterocycles. The Labute approximate surface area is 164 Å². The van der Waals surface area contributed by atoms with Crippen LogP contribution >= 0.6 is 0 Å². The quantitative estimate of drug-likeness (QED) is 0.525. The third-order valence-corrected chi connectivity index (χ3v) is 4.46. The predicted molar refractivity (Wildman–Crippen MR) is 108 cm³/mol. The summed E-state index contributed by atoms with van der Waals surface area (Å²) in [6, 6.07) is 14.1. The highest BCUT2D eigenvalue weighted by Crippen LogP contribution is 2.17. The van der Waals surface area contributed by atoms with Crippen LogP contribution < -0.4 is 10.9 Å². The number of aryl methyl sites for hydroxylation is 4. The highest BCUT2D eigenvalue weighted by atomic mass is 16.2. The fourth-order valence-electron chi connectivity index (χ4n) is 2.88. The summed E-state index contributed by atoms with van der Waals surface area (Å²) in [6.45, 7) is 7.64. The van der Waals surface area contributed by atoms with Crippen LogP contribution in [0.2, 0.25) is 0 Å². The Morgan fingerprint density at radius 1 is 0.786 bits per heavy atom. The van der Waals surface area contributed by atoms with Crippen LogP contribution in [-0.2, 0) is 0 Å². The van der Waals surface area contributed by atoms with Gasteiger partial charge in [0.15, 0.2) is 5.78 Å². The summed E-state index contributed by atoms with van der Waals surface area (Å²) in [4.78, 5) is 34.1. The van der Waals surface area contributed by atoms with Gasteiger partial charge in [-0.3, -0.25) is 20.4 Å². The molecule has 0 atom stereocenters. The van der Waals surface area contributed by atoms with Gasteiger partial charge in [0, 0.05) is 22.5 Å². The summed E-state index contributed by atoms with van der Waals surface area (Å²) in [5.74, 6) is -0.337. The molecule has 0 saturated carbocycles. The van der Waals surface area contributed by atoms with E-state index in [4.69, 9.17) is 0 Å². The summed E-state index contributed by atoms with van der Waals surface area (Å²) in [6.07, 6.45) is 0. The van der Waals surface area contributed by atoms with Crippen LogP contribution in [0.4, 0.5) is 5.95 Å². The van der Waals surface area contributed by atoms with Gasteiger partial charge in [0.05, 0.1) is 5.56 Å². The normalized spacial score (nSPS) is 10.4. The first kappa shape index (κ1) is 19.2. The molecule has 0 saturated heterocycles. The Morgan fingerprint density at radius 2 is 1.43 bits per heavy atom. The van der Waals surface area contributed by atoms with Crippen LogP contribution in [-0.4, -0.2) is 21.7 Å². The first-order valence-electron chi connectivity index (χ1n) is 8.95. The van der Waals surface area contributed by atoms with Gasteiger partial charge in [-0.15, -0.1) is 0 Å². The number of hydrogen-bond donors (Lipinski definition) is 2. The molecule has 6 heteroatoms. The SMILES string of the molecule is Cc1cc(C)nc(NNC(=O)c2ccccc2C(=O)c2ccc(C)c(C)c2)n1. The van der Waals surface area contributed by atoms with Crippen molar-refractivity contribution in [3.63, 3.8) is 0 Å². The molecule has 0 aliphatic carbocycles. The molecular formula is C22H22N4O2.